The second-order valence-electron chi connectivity index (χ2n) is 5.21. The van der Waals surface area contributed by atoms with Gasteiger partial charge < -0.3 is 4.90 Å². The third-order valence-corrected chi connectivity index (χ3v) is 3.94. The van der Waals surface area contributed by atoms with Gasteiger partial charge in [-0.1, -0.05) is 25.3 Å². The van der Waals surface area contributed by atoms with Crippen LogP contribution in [0, 0.1) is 18.3 Å². The van der Waals surface area contributed by atoms with E-state index in [1.807, 2.05) is 13.0 Å². The first kappa shape index (κ1) is 13.0. The highest BCUT2D eigenvalue weighted by Crippen LogP contribution is 2.29. The lowest BCUT2D eigenvalue weighted by atomic mass is 9.93. The fourth-order valence-electron chi connectivity index (χ4n) is 3.01. The van der Waals surface area contributed by atoms with Gasteiger partial charge in [-0.25, -0.2) is 0 Å². The molecule has 1 aromatic rings. The zero-order valence-electron chi connectivity index (χ0n) is 11.4. The third-order valence-electron chi connectivity index (χ3n) is 3.94. The Morgan fingerprint density at radius 2 is 2.00 bits per heavy atom. The molecule has 18 heavy (non-hydrogen) atoms. The van der Waals surface area contributed by atoms with E-state index in [4.69, 9.17) is 0 Å². The zero-order chi connectivity index (χ0) is 13.0. The molecule has 0 radical (unpaired) electrons. The standard InChI is InChI=1S/C16H22N2/c1-3-18(15-7-5-4-6-8-15)16-10-9-13(2)11-14(16)12-17/h9-11,15H,3-8H2,1-2H3. The van der Waals surface area contributed by atoms with Crippen LogP contribution in [-0.4, -0.2) is 12.6 Å². The molecule has 0 heterocycles. The summed E-state index contributed by atoms with van der Waals surface area (Å²) >= 11 is 0. The first-order chi connectivity index (χ1) is 8.76. The lowest BCUT2D eigenvalue weighted by Gasteiger charge is -2.36. The number of nitrogens with zero attached hydrogens (tertiary/aromatic N) is 2. The molecule has 1 aliphatic rings. The maximum Gasteiger partial charge on any atom is 0.101 e. The van der Waals surface area contributed by atoms with Gasteiger partial charge in [0.2, 0.25) is 0 Å². The van der Waals surface area contributed by atoms with Crippen molar-refractivity contribution in [1.82, 2.24) is 0 Å². The van der Waals surface area contributed by atoms with E-state index in [1.165, 1.54) is 32.1 Å². The van der Waals surface area contributed by atoms with Crippen LogP contribution in [0.5, 0.6) is 0 Å². The molecule has 1 fully saturated rings. The molecule has 1 aliphatic carbocycles. The van der Waals surface area contributed by atoms with Gasteiger partial charge in [-0.2, -0.15) is 5.26 Å². The summed E-state index contributed by atoms with van der Waals surface area (Å²) < 4.78 is 0. The number of nitriles is 1. The summed E-state index contributed by atoms with van der Waals surface area (Å²) in [6.07, 6.45) is 6.57. The van der Waals surface area contributed by atoms with E-state index in [9.17, 15) is 5.26 Å². The number of rotatable bonds is 3. The van der Waals surface area contributed by atoms with Gasteiger partial charge in [-0.3, -0.25) is 0 Å². The van der Waals surface area contributed by atoms with E-state index in [0.29, 0.717) is 6.04 Å². The average molecular weight is 242 g/mol. The Labute approximate surface area is 110 Å². The van der Waals surface area contributed by atoms with Crippen LogP contribution >= 0.6 is 0 Å². The molecule has 96 valence electrons. The summed E-state index contributed by atoms with van der Waals surface area (Å²) in [6.45, 7) is 5.22. The molecule has 0 atom stereocenters. The molecule has 0 saturated heterocycles. The predicted octanol–water partition coefficient (Wildman–Crippen LogP) is 4.03. The van der Waals surface area contributed by atoms with Crippen LogP contribution in [0.1, 0.15) is 50.2 Å². The Kier molecular flexibility index (Phi) is 4.25. The Hall–Kier alpha value is -1.49. The minimum atomic E-state index is 0.624. The minimum absolute atomic E-state index is 0.624. The molecule has 2 nitrogen and oxygen atoms in total. The molecule has 2 heteroatoms. The molecule has 1 aromatic carbocycles. The molecule has 0 aromatic heterocycles. The fourth-order valence-corrected chi connectivity index (χ4v) is 3.01. The largest absolute Gasteiger partial charge is 0.368 e. The van der Waals surface area contributed by atoms with Crippen molar-refractivity contribution in [3.63, 3.8) is 0 Å². The SMILES string of the molecule is CCN(c1ccc(C)cc1C#N)C1CCCCC1. The molecule has 0 N–H and O–H groups in total. The molecule has 0 bridgehead atoms. The van der Waals surface area contributed by atoms with Crippen molar-refractivity contribution < 1.29 is 0 Å². The third kappa shape index (κ3) is 2.67. The number of benzene rings is 1. The minimum Gasteiger partial charge on any atom is -0.368 e. The molecule has 1 saturated carbocycles. The first-order valence-electron chi connectivity index (χ1n) is 7.03. The van der Waals surface area contributed by atoms with Gasteiger partial charge in [0, 0.05) is 12.6 Å². The Balaban J connectivity index is 2.29. The van der Waals surface area contributed by atoms with Crippen LogP contribution in [0.15, 0.2) is 18.2 Å². The van der Waals surface area contributed by atoms with Crippen LogP contribution in [0.3, 0.4) is 0 Å². The molecule has 0 spiro atoms. The van der Waals surface area contributed by atoms with Gasteiger partial charge in [0.05, 0.1) is 11.3 Å². The summed E-state index contributed by atoms with van der Waals surface area (Å²) in [5.74, 6) is 0. The van der Waals surface area contributed by atoms with E-state index in [1.54, 1.807) is 0 Å². The van der Waals surface area contributed by atoms with Crippen molar-refractivity contribution in [3.05, 3.63) is 29.3 Å². The lowest BCUT2D eigenvalue weighted by molar-refractivity contribution is 0.418. The summed E-state index contributed by atoms with van der Waals surface area (Å²) in [5, 5.41) is 9.31. The van der Waals surface area contributed by atoms with E-state index in [2.05, 4.69) is 30.0 Å². The van der Waals surface area contributed by atoms with Crippen LogP contribution in [0.25, 0.3) is 0 Å². The zero-order valence-corrected chi connectivity index (χ0v) is 11.4. The van der Waals surface area contributed by atoms with Gasteiger partial charge in [-0.15, -0.1) is 0 Å². The van der Waals surface area contributed by atoms with Gasteiger partial charge in [-0.05, 0) is 44.4 Å². The van der Waals surface area contributed by atoms with Gasteiger partial charge in [0.25, 0.3) is 0 Å². The number of anilines is 1. The van der Waals surface area contributed by atoms with Crippen molar-refractivity contribution in [1.29, 1.82) is 5.26 Å². The highest BCUT2D eigenvalue weighted by Gasteiger charge is 2.21. The normalized spacial score (nSPS) is 16.3. The summed E-state index contributed by atoms with van der Waals surface area (Å²) in [5.41, 5.74) is 3.11. The monoisotopic (exact) mass is 242 g/mol. The summed E-state index contributed by atoms with van der Waals surface area (Å²) in [6, 6.07) is 9.20. The summed E-state index contributed by atoms with van der Waals surface area (Å²) in [4.78, 5) is 2.43. The van der Waals surface area contributed by atoms with Crippen molar-refractivity contribution >= 4 is 5.69 Å². The van der Waals surface area contributed by atoms with Crippen LogP contribution in [-0.2, 0) is 0 Å². The molecule has 0 aliphatic heterocycles. The van der Waals surface area contributed by atoms with Crippen LogP contribution in [0.4, 0.5) is 5.69 Å². The fraction of sp³-hybridized carbons (Fsp3) is 0.562. The van der Waals surface area contributed by atoms with Crippen molar-refractivity contribution in [2.24, 2.45) is 0 Å². The molecular formula is C16H22N2. The molecule has 0 unspecified atom stereocenters. The lowest BCUT2D eigenvalue weighted by Crippen LogP contribution is -2.37. The Morgan fingerprint density at radius 3 is 2.61 bits per heavy atom. The van der Waals surface area contributed by atoms with Crippen molar-refractivity contribution in [3.8, 4) is 6.07 Å². The Bertz CT molecular complexity index is 439. The average Bonchev–Trinajstić information content (AvgIpc) is 2.42. The highest BCUT2D eigenvalue weighted by atomic mass is 15.2. The Morgan fingerprint density at radius 1 is 1.28 bits per heavy atom. The second-order valence-corrected chi connectivity index (χ2v) is 5.21. The van der Waals surface area contributed by atoms with E-state index < -0.39 is 0 Å². The van der Waals surface area contributed by atoms with Crippen LogP contribution < -0.4 is 4.90 Å². The van der Waals surface area contributed by atoms with E-state index in [-0.39, 0.29) is 0 Å². The first-order valence-corrected chi connectivity index (χ1v) is 7.03. The van der Waals surface area contributed by atoms with Gasteiger partial charge >= 0.3 is 0 Å². The van der Waals surface area contributed by atoms with E-state index in [0.717, 1.165) is 23.4 Å². The second kappa shape index (κ2) is 5.91. The summed E-state index contributed by atoms with van der Waals surface area (Å²) in [7, 11) is 0. The maximum absolute atomic E-state index is 9.31. The number of hydrogen-bond donors (Lipinski definition) is 0. The topological polar surface area (TPSA) is 27.0 Å². The van der Waals surface area contributed by atoms with Crippen LogP contribution in [0.2, 0.25) is 0 Å². The van der Waals surface area contributed by atoms with Crippen molar-refractivity contribution in [2.45, 2.75) is 52.0 Å². The number of hydrogen-bond acceptors (Lipinski definition) is 2. The molecule has 0 amide bonds. The van der Waals surface area contributed by atoms with Crippen molar-refractivity contribution in [2.75, 3.05) is 11.4 Å². The predicted molar refractivity (Wildman–Crippen MR) is 75.8 cm³/mol. The maximum atomic E-state index is 9.31. The molecule has 2 rings (SSSR count). The highest BCUT2D eigenvalue weighted by molar-refractivity contribution is 5.61. The number of aryl methyl sites for hydroxylation is 1. The van der Waals surface area contributed by atoms with E-state index >= 15 is 0 Å². The van der Waals surface area contributed by atoms with Gasteiger partial charge in [0.15, 0.2) is 0 Å². The smallest absolute Gasteiger partial charge is 0.101 e. The molecular weight excluding hydrogens is 220 g/mol. The quantitative estimate of drug-likeness (QED) is 0.800. The van der Waals surface area contributed by atoms with Gasteiger partial charge in [0.1, 0.15) is 6.07 Å².